The highest BCUT2D eigenvalue weighted by atomic mass is 16.5. The molecule has 1 fully saturated rings. The van der Waals surface area contributed by atoms with Crippen LogP contribution in [0.25, 0.3) is 0 Å². The van der Waals surface area contributed by atoms with Crippen molar-refractivity contribution in [2.45, 2.75) is 58.1 Å². The maximum Gasteiger partial charge on any atom is 0.306 e. The molecular formula is C18H25NO4. The number of carboxylic acids is 1. The number of carbonyl (C=O) groups is 1. The zero-order valence-electron chi connectivity index (χ0n) is 13.8. The lowest BCUT2D eigenvalue weighted by molar-refractivity contribution is -0.142. The van der Waals surface area contributed by atoms with Crippen molar-refractivity contribution in [2.24, 2.45) is 5.92 Å². The summed E-state index contributed by atoms with van der Waals surface area (Å²) in [5, 5.41) is 12.6. The maximum atomic E-state index is 11.1. The summed E-state index contributed by atoms with van der Waals surface area (Å²) in [6.07, 6.45) is 4.33. The number of hydrogen-bond donors (Lipinski definition) is 2. The van der Waals surface area contributed by atoms with Gasteiger partial charge in [-0.15, -0.1) is 0 Å². The quantitative estimate of drug-likeness (QED) is 0.870. The molecule has 23 heavy (non-hydrogen) atoms. The van der Waals surface area contributed by atoms with Gasteiger partial charge in [0.25, 0.3) is 0 Å². The molecule has 1 saturated carbocycles. The van der Waals surface area contributed by atoms with E-state index < -0.39 is 5.97 Å². The van der Waals surface area contributed by atoms with Crippen LogP contribution in [-0.2, 0) is 11.2 Å². The van der Waals surface area contributed by atoms with E-state index in [2.05, 4.69) is 18.3 Å². The molecule has 0 radical (unpaired) electrons. The second-order valence-corrected chi connectivity index (χ2v) is 6.55. The first-order valence-electron chi connectivity index (χ1n) is 8.52. The molecule has 1 aromatic carbocycles. The zero-order valence-corrected chi connectivity index (χ0v) is 13.8. The minimum absolute atomic E-state index is 0.191. The molecule has 1 aliphatic heterocycles. The van der Waals surface area contributed by atoms with Gasteiger partial charge in [0.05, 0.1) is 18.2 Å². The number of hydrogen-bond acceptors (Lipinski definition) is 4. The van der Waals surface area contributed by atoms with Gasteiger partial charge in [-0.1, -0.05) is 0 Å². The molecule has 2 N–H and O–H groups in total. The Hall–Kier alpha value is -1.91. The summed E-state index contributed by atoms with van der Waals surface area (Å²) in [5.74, 6) is 0.939. The van der Waals surface area contributed by atoms with Gasteiger partial charge in [-0.3, -0.25) is 4.79 Å². The number of fused-ring (bicyclic) bond motifs is 1. The molecule has 126 valence electrons. The maximum absolute atomic E-state index is 11.1. The SMILES string of the molecule is CCOc1cc2c(cc1NC1CCC(C(=O)O)CC1)OC(C)C2. The van der Waals surface area contributed by atoms with Crippen molar-refractivity contribution in [2.75, 3.05) is 11.9 Å². The topological polar surface area (TPSA) is 67.8 Å². The number of ether oxygens (including phenoxy) is 2. The first-order chi connectivity index (χ1) is 11.1. The van der Waals surface area contributed by atoms with Crippen LogP contribution < -0.4 is 14.8 Å². The summed E-state index contributed by atoms with van der Waals surface area (Å²) >= 11 is 0. The molecule has 0 saturated heterocycles. The number of anilines is 1. The van der Waals surface area contributed by atoms with E-state index in [-0.39, 0.29) is 12.0 Å². The van der Waals surface area contributed by atoms with Crippen LogP contribution in [0, 0.1) is 5.92 Å². The monoisotopic (exact) mass is 319 g/mol. The molecule has 1 heterocycles. The second-order valence-electron chi connectivity index (χ2n) is 6.55. The van der Waals surface area contributed by atoms with Crippen LogP contribution in [0.1, 0.15) is 45.1 Å². The first-order valence-corrected chi connectivity index (χ1v) is 8.52. The number of nitrogens with one attached hydrogen (secondary N) is 1. The molecule has 1 atom stereocenters. The van der Waals surface area contributed by atoms with E-state index >= 15 is 0 Å². The highest BCUT2D eigenvalue weighted by molar-refractivity contribution is 5.70. The van der Waals surface area contributed by atoms with Gasteiger partial charge < -0.3 is 19.9 Å². The van der Waals surface area contributed by atoms with E-state index in [0.29, 0.717) is 12.6 Å². The van der Waals surface area contributed by atoms with Crippen LogP contribution in [0.2, 0.25) is 0 Å². The lowest BCUT2D eigenvalue weighted by atomic mass is 9.86. The van der Waals surface area contributed by atoms with E-state index in [1.807, 2.05) is 13.0 Å². The Labute approximate surface area is 137 Å². The van der Waals surface area contributed by atoms with Crippen molar-refractivity contribution in [3.63, 3.8) is 0 Å². The molecule has 0 spiro atoms. The van der Waals surface area contributed by atoms with Crippen LogP contribution in [0.4, 0.5) is 5.69 Å². The third-order valence-corrected chi connectivity index (χ3v) is 4.73. The molecule has 2 aliphatic rings. The van der Waals surface area contributed by atoms with Crippen LogP contribution in [0.5, 0.6) is 11.5 Å². The summed E-state index contributed by atoms with van der Waals surface area (Å²) < 4.78 is 11.6. The molecule has 0 amide bonds. The summed E-state index contributed by atoms with van der Waals surface area (Å²) in [5.41, 5.74) is 2.15. The summed E-state index contributed by atoms with van der Waals surface area (Å²) in [4.78, 5) is 11.1. The number of aliphatic carboxylic acids is 1. The molecule has 0 aromatic heterocycles. The van der Waals surface area contributed by atoms with Gasteiger partial charge in [0.1, 0.15) is 17.6 Å². The van der Waals surface area contributed by atoms with Gasteiger partial charge in [0.15, 0.2) is 0 Å². The van der Waals surface area contributed by atoms with Crippen LogP contribution in [0.15, 0.2) is 12.1 Å². The lowest BCUT2D eigenvalue weighted by Crippen LogP contribution is -2.29. The minimum Gasteiger partial charge on any atom is -0.492 e. The van der Waals surface area contributed by atoms with Crippen LogP contribution in [-0.4, -0.2) is 29.8 Å². The lowest BCUT2D eigenvalue weighted by Gasteiger charge is -2.28. The largest absolute Gasteiger partial charge is 0.492 e. The van der Waals surface area contributed by atoms with E-state index in [0.717, 1.165) is 49.3 Å². The van der Waals surface area contributed by atoms with Gasteiger partial charge in [-0.25, -0.2) is 0 Å². The smallest absolute Gasteiger partial charge is 0.306 e. The van der Waals surface area contributed by atoms with Gasteiger partial charge in [0.2, 0.25) is 0 Å². The second kappa shape index (κ2) is 6.69. The molecule has 1 unspecified atom stereocenters. The van der Waals surface area contributed by atoms with E-state index in [1.165, 1.54) is 5.56 Å². The molecule has 1 aliphatic carbocycles. The number of carboxylic acid groups (broad SMARTS) is 1. The zero-order chi connectivity index (χ0) is 16.4. The van der Waals surface area contributed by atoms with Crippen molar-refractivity contribution < 1.29 is 19.4 Å². The average molecular weight is 319 g/mol. The Kier molecular flexibility index (Phi) is 4.64. The summed E-state index contributed by atoms with van der Waals surface area (Å²) in [7, 11) is 0. The highest BCUT2D eigenvalue weighted by Gasteiger charge is 2.27. The minimum atomic E-state index is -0.668. The Bertz CT molecular complexity index is 579. The van der Waals surface area contributed by atoms with Crippen molar-refractivity contribution >= 4 is 11.7 Å². The molecular weight excluding hydrogens is 294 g/mol. The Morgan fingerprint density at radius 1 is 1.35 bits per heavy atom. The highest BCUT2D eigenvalue weighted by Crippen LogP contribution is 2.39. The normalized spacial score (nSPS) is 26.3. The molecule has 3 rings (SSSR count). The predicted molar refractivity (Wildman–Crippen MR) is 88.4 cm³/mol. The van der Waals surface area contributed by atoms with Crippen molar-refractivity contribution in [1.29, 1.82) is 0 Å². The van der Waals surface area contributed by atoms with Gasteiger partial charge >= 0.3 is 5.97 Å². The number of benzene rings is 1. The van der Waals surface area contributed by atoms with E-state index in [1.54, 1.807) is 0 Å². The summed E-state index contributed by atoms with van der Waals surface area (Å²) in [6.45, 7) is 4.67. The van der Waals surface area contributed by atoms with E-state index in [4.69, 9.17) is 14.6 Å². The van der Waals surface area contributed by atoms with Crippen molar-refractivity contribution in [3.05, 3.63) is 17.7 Å². The van der Waals surface area contributed by atoms with Gasteiger partial charge in [0, 0.05) is 24.1 Å². The molecule has 0 bridgehead atoms. The fourth-order valence-corrected chi connectivity index (χ4v) is 3.53. The average Bonchev–Trinajstić information content (AvgIpc) is 2.87. The van der Waals surface area contributed by atoms with Crippen molar-refractivity contribution in [3.8, 4) is 11.5 Å². The standard InChI is InChI=1S/C18H25NO4/c1-3-22-17-9-13-8-11(2)23-16(13)10-15(17)19-14-6-4-12(5-7-14)18(20)21/h9-12,14,19H,3-8H2,1-2H3,(H,20,21). The third kappa shape index (κ3) is 3.54. The Morgan fingerprint density at radius 2 is 2.09 bits per heavy atom. The van der Waals surface area contributed by atoms with Gasteiger partial charge in [-0.2, -0.15) is 0 Å². The summed E-state index contributed by atoms with van der Waals surface area (Å²) in [6, 6.07) is 4.40. The molecule has 1 aromatic rings. The van der Waals surface area contributed by atoms with Crippen molar-refractivity contribution in [1.82, 2.24) is 0 Å². The van der Waals surface area contributed by atoms with Crippen LogP contribution >= 0.6 is 0 Å². The molecule has 5 nitrogen and oxygen atoms in total. The fraction of sp³-hybridized carbons (Fsp3) is 0.611. The number of rotatable bonds is 5. The first kappa shape index (κ1) is 16.0. The third-order valence-electron chi connectivity index (χ3n) is 4.73. The van der Waals surface area contributed by atoms with E-state index in [9.17, 15) is 4.79 Å². The van der Waals surface area contributed by atoms with Gasteiger partial charge in [-0.05, 0) is 45.6 Å². The fourth-order valence-electron chi connectivity index (χ4n) is 3.53. The molecule has 5 heteroatoms. The Morgan fingerprint density at radius 3 is 2.74 bits per heavy atom. The Balaban J connectivity index is 1.72. The predicted octanol–water partition coefficient (Wildman–Crippen LogP) is 3.46. The van der Waals surface area contributed by atoms with Crippen LogP contribution in [0.3, 0.4) is 0 Å².